The monoisotopic (exact) mass is 291 g/mol. The second kappa shape index (κ2) is 7.92. The quantitative estimate of drug-likeness (QED) is 0.757. The summed E-state index contributed by atoms with van der Waals surface area (Å²) in [4.78, 5) is 0. The summed E-state index contributed by atoms with van der Waals surface area (Å²) >= 11 is 1.75. The molecule has 2 rings (SSSR count). The van der Waals surface area contributed by atoms with E-state index in [1.54, 1.807) is 18.4 Å². The summed E-state index contributed by atoms with van der Waals surface area (Å²) in [5, 5.41) is 7.79. The Kier molecular flexibility index (Phi) is 5.89. The summed E-state index contributed by atoms with van der Waals surface area (Å²) in [5.41, 5.74) is 1.39. The second-order valence-electron chi connectivity index (χ2n) is 4.71. The van der Waals surface area contributed by atoms with Gasteiger partial charge in [0.1, 0.15) is 18.1 Å². The molecule has 1 N–H and O–H groups in total. The Morgan fingerprint density at radius 2 is 1.90 bits per heavy atom. The first-order chi connectivity index (χ1) is 9.78. The molecule has 1 unspecified atom stereocenters. The molecule has 0 fully saturated rings. The number of methoxy groups -OCH3 is 1. The van der Waals surface area contributed by atoms with Gasteiger partial charge in [-0.1, -0.05) is 0 Å². The number of nitrogens with one attached hydrogen (secondary N) is 1. The highest BCUT2D eigenvalue weighted by Crippen LogP contribution is 2.16. The topological polar surface area (TPSA) is 30.5 Å². The van der Waals surface area contributed by atoms with E-state index in [9.17, 15) is 0 Å². The molecule has 20 heavy (non-hydrogen) atoms. The molecule has 0 saturated heterocycles. The van der Waals surface area contributed by atoms with Crippen molar-refractivity contribution in [3.63, 3.8) is 0 Å². The van der Waals surface area contributed by atoms with Crippen molar-refractivity contribution in [1.82, 2.24) is 5.32 Å². The van der Waals surface area contributed by atoms with Gasteiger partial charge in [0.15, 0.2) is 0 Å². The summed E-state index contributed by atoms with van der Waals surface area (Å²) in [6.45, 7) is 3.71. The molecule has 0 aliphatic heterocycles. The van der Waals surface area contributed by atoms with Crippen LogP contribution in [0.3, 0.4) is 0 Å². The fraction of sp³-hybridized carbons (Fsp3) is 0.375. The molecular formula is C16H21NO2S. The summed E-state index contributed by atoms with van der Waals surface area (Å²) in [6.07, 6.45) is 1.06. The maximum atomic E-state index is 5.68. The van der Waals surface area contributed by atoms with Gasteiger partial charge in [-0.15, -0.1) is 0 Å². The minimum absolute atomic E-state index is 0.462. The van der Waals surface area contributed by atoms with E-state index in [2.05, 4.69) is 29.1 Å². The highest BCUT2D eigenvalue weighted by atomic mass is 32.1. The first kappa shape index (κ1) is 14.9. The number of ether oxygens (including phenoxy) is 2. The molecular weight excluding hydrogens is 270 g/mol. The molecule has 0 aliphatic rings. The molecule has 0 spiro atoms. The van der Waals surface area contributed by atoms with Gasteiger partial charge in [-0.2, -0.15) is 11.3 Å². The molecule has 2 aromatic rings. The van der Waals surface area contributed by atoms with Crippen molar-refractivity contribution in [1.29, 1.82) is 0 Å². The third kappa shape index (κ3) is 4.87. The van der Waals surface area contributed by atoms with E-state index in [0.29, 0.717) is 12.6 Å². The van der Waals surface area contributed by atoms with Crippen molar-refractivity contribution in [2.24, 2.45) is 0 Å². The number of thiophene rings is 1. The van der Waals surface area contributed by atoms with Crippen LogP contribution in [0, 0.1) is 0 Å². The number of benzene rings is 1. The Morgan fingerprint density at radius 1 is 1.15 bits per heavy atom. The second-order valence-corrected chi connectivity index (χ2v) is 5.49. The SMILES string of the molecule is COc1ccc(OCCNC(C)Cc2ccsc2)cc1. The van der Waals surface area contributed by atoms with Gasteiger partial charge in [-0.05, 0) is 60.0 Å². The van der Waals surface area contributed by atoms with Crippen molar-refractivity contribution in [2.45, 2.75) is 19.4 Å². The van der Waals surface area contributed by atoms with Crippen LogP contribution in [0.25, 0.3) is 0 Å². The van der Waals surface area contributed by atoms with Crippen LogP contribution in [0.15, 0.2) is 41.1 Å². The third-order valence-corrected chi connectivity index (χ3v) is 3.78. The van der Waals surface area contributed by atoms with Crippen molar-refractivity contribution < 1.29 is 9.47 Å². The average Bonchev–Trinajstić information content (AvgIpc) is 2.97. The largest absolute Gasteiger partial charge is 0.497 e. The Bertz CT molecular complexity index is 482. The van der Waals surface area contributed by atoms with Crippen LogP contribution in [0.2, 0.25) is 0 Å². The van der Waals surface area contributed by atoms with Gasteiger partial charge in [0.05, 0.1) is 7.11 Å². The van der Waals surface area contributed by atoms with Crippen LogP contribution in [0.1, 0.15) is 12.5 Å². The van der Waals surface area contributed by atoms with Crippen LogP contribution in [-0.2, 0) is 6.42 Å². The molecule has 108 valence electrons. The molecule has 3 nitrogen and oxygen atoms in total. The van der Waals surface area contributed by atoms with Gasteiger partial charge >= 0.3 is 0 Å². The van der Waals surface area contributed by atoms with Gasteiger partial charge in [0.25, 0.3) is 0 Å². The molecule has 1 aromatic heterocycles. The highest BCUT2D eigenvalue weighted by molar-refractivity contribution is 7.07. The van der Waals surface area contributed by atoms with E-state index in [4.69, 9.17) is 9.47 Å². The molecule has 1 heterocycles. The zero-order chi connectivity index (χ0) is 14.2. The average molecular weight is 291 g/mol. The lowest BCUT2D eigenvalue weighted by atomic mass is 10.1. The Hall–Kier alpha value is -1.52. The fourth-order valence-corrected chi connectivity index (χ4v) is 2.66. The zero-order valence-electron chi connectivity index (χ0n) is 12.0. The third-order valence-electron chi connectivity index (χ3n) is 3.05. The highest BCUT2D eigenvalue weighted by Gasteiger charge is 2.03. The Balaban J connectivity index is 1.63. The van der Waals surface area contributed by atoms with E-state index < -0.39 is 0 Å². The minimum Gasteiger partial charge on any atom is -0.497 e. The predicted octanol–water partition coefficient (Wildman–Crippen LogP) is 3.36. The Morgan fingerprint density at radius 3 is 2.55 bits per heavy atom. The molecule has 4 heteroatoms. The number of hydrogen-bond donors (Lipinski definition) is 1. The summed E-state index contributed by atoms with van der Waals surface area (Å²) in [6, 6.07) is 10.3. The van der Waals surface area contributed by atoms with Gasteiger partial charge in [0, 0.05) is 12.6 Å². The molecule has 1 aromatic carbocycles. The van der Waals surface area contributed by atoms with Crippen LogP contribution in [0.4, 0.5) is 0 Å². The molecule has 0 radical (unpaired) electrons. The summed E-state index contributed by atoms with van der Waals surface area (Å²) in [5.74, 6) is 1.72. The standard InChI is InChI=1S/C16H21NO2S/c1-13(11-14-7-10-20-12-14)17-8-9-19-16-5-3-15(18-2)4-6-16/h3-7,10,12-13,17H,8-9,11H2,1-2H3. The Labute approximate surface area is 124 Å². The van der Waals surface area contributed by atoms with E-state index in [-0.39, 0.29) is 0 Å². The first-order valence-electron chi connectivity index (χ1n) is 6.79. The summed E-state index contributed by atoms with van der Waals surface area (Å²) < 4.78 is 10.8. The molecule has 0 aliphatic carbocycles. The normalized spacial score (nSPS) is 12.1. The van der Waals surface area contributed by atoms with Crippen LogP contribution < -0.4 is 14.8 Å². The van der Waals surface area contributed by atoms with Crippen LogP contribution >= 0.6 is 11.3 Å². The minimum atomic E-state index is 0.462. The van der Waals surface area contributed by atoms with Crippen LogP contribution in [0.5, 0.6) is 11.5 Å². The fourth-order valence-electron chi connectivity index (χ4n) is 1.98. The molecule has 0 saturated carbocycles. The number of hydrogen-bond acceptors (Lipinski definition) is 4. The maximum absolute atomic E-state index is 5.68. The van der Waals surface area contributed by atoms with Gasteiger partial charge in [-0.25, -0.2) is 0 Å². The van der Waals surface area contributed by atoms with Crippen molar-refractivity contribution in [3.05, 3.63) is 46.7 Å². The van der Waals surface area contributed by atoms with Crippen molar-refractivity contribution in [3.8, 4) is 11.5 Å². The molecule has 0 amide bonds. The van der Waals surface area contributed by atoms with E-state index in [1.807, 2.05) is 24.3 Å². The lowest BCUT2D eigenvalue weighted by Gasteiger charge is -2.13. The molecule has 0 bridgehead atoms. The van der Waals surface area contributed by atoms with Crippen LogP contribution in [-0.4, -0.2) is 26.3 Å². The maximum Gasteiger partial charge on any atom is 0.119 e. The van der Waals surface area contributed by atoms with Crippen molar-refractivity contribution >= 4 is 11.3 Å². The lowest BCUT2D eigenvalue weighted by molar-refractivity contribution is 0.306. The van der Waals surface area contributed by atoms with E-state index >= 15 is 0 Å². The zero-order valence-corrected chi connectivity index (χ0v) is 12.8. The summed E-state index contributed by atoms with van der Waals surface area (Å²) in [7, 11) is 1.66. The lowest BCUT2D eigenvalue weighted by Crippen LogP contribution is -2.31. The van der Waals surface area contributed by atoms with Crippen molar-refractivity contribution in [2.75, 3.05) is 20.3 Å². The number of rotatable bonds is 8. The smallest absolute Gasteiger partial charge is 0.119 e. The predicted molar refractivity (Wildman–Crippen MR) is 84.0 cm³/mol. The van der Waals surface area contributed by atoms with Gasteiger partial charge < -0.3 is 14.8 Å². The van der Waals surface area contributed by atoms with Gasteiger partial charge in [-0.3, -0.25) is 0 Å². The van der Waals surface area contributed by atoms with E-state index in [0.717, 1.165) is 24.5 Å². The molecule has 1 atom stereocenters. The van der Waals surface area contributed by atoms with Gasteiger partial charge in [0.2, 0.25) is 0 Å². The first-order valence-corrected chi connectivity index (χ1v) is 7.73. The van der Waals surface area contributed by atoms with E-state index in [1.165, 1.54) is 5.56 Å².